The van der Waals surface area contributed by atoms with Gasteiger partial charge >= 0.3 is 0 Å². The lowest BCUT2D eigenvalue weighted by molar-refractivity contribution is 0.0962. The number of phenols is 1. The average Bonchev–Trinajstić information content (AvgIpc) is 3.08. The van der Waals surface area contributed by atoms with Crippen molar-refractivity contribution in [2.24, 2.45) is 0 Å². The molecule has 3 rings (SSSR count). The molecule has 0 aliphatic rings. The molecule has 0 bridgehead atoms. The van der Waals surface area contributed by atoms with E-state index in [1.807, 2.05) is 27.1 Å². The number of ether oxygens (including phenoxy) is 1. The highest BCUT2D eigenvalue weighted by Gasteiger charge is 2.23. The van der Waals surface area contributed by atoms with Crippen LogP contribution in [0, 0.1) is 0 Å². The molecule has 0 atom stereocenters. The maximum atomic E-state index is 12.4. The lowest BCUT2D eigenvalue weighted by Crippen LogP contribution is -2.10. The molecule has 0 radical (unpaired) electrons. The Labute approximate surface area is 175 Å². The van der Waals surface area contributed by atoms with Gasteiger partial charge in [0, 0.05) is 23.2 Å². The van der Waals surface area contributed by atoms with Crippen molar-refractivity contribution in [1.29, 1.82) is 0 Å². The van der Waals surface area contributed by atoms with Crippen LogP contribution in [0.15, 0.2) is 45.7 Å². The molecular weight excluding hydrogens is 386 g/mol. The van der Waals surface area contributed by atoms with Gasteiger partial charge in [-0.2, -0.15) is 0 Å². The maximum absolute atomic E-state index is 12.4. The molecule has 0 saturated heterocycles. The number of benzene rings is 2. The summed E-state index contributed by atoms with van der Waals surface area (Å²) in [5.74, 6) is 1.64. The van der Waals surface area contributed by atoms with Crippen LogP contribution in [0.5, 0.6) is 11.5 Å². The topological polar surface area (TPSA) is 62.9 Å². The standard InChI is InChI=1S/C23H27NO4S/c1-5-18(25)23-21-17(11-12-19(22(21)26)27-6-2)20(28-23)14-29-16-9-7-15(8-10-16)13-24(3)4/h7-12,26H,5-6,13-14H2,1-4H3. The minimum Gasteiger partial charge on any atom is -0.504 e. The van der Waals surface area contributed by atoms with Crippen LogP contribution in [-0.2, 0) is 12.3 Å². The Kier molecular flexibility index (Phi) is 6.87. The molecule has 1 aromatic heterocycles. The zero-order chi connectivity index (χ0) is 21.0. The second-order valence-corrected chi connectivity index (χ2v) is 8.12. The molecule has 0 unspecified atom stereocenters. The summed E-state index contributed by atoms with van der Waals surface area (Å²) in [6, 6.07) is 12.0. The van der Waals surface area contributed by atoms with E-state index in [-0.39, 0.29) is 17.3 Å². The molecule has 0 aliphatic heterocycles. The van der Waals surface area contributed by atoms with Gasteiger partial charge in [0.1, 0.15) is 5.76 Å². The van der Waals surface area contributed by atoms with Crippen LogP contribution in [0.25, 0.3) is 10.8 Å². The largest absolute Gasteiger partial charge is 0.504 e. The summed E-state index contributed by atoms with van der Waals surface area (Å²) in [6.45, 7) is 4.96. The van der Waals surface area contributed by atoms with E-state index in [9.17, 15) is 9.90 Å². The molecule has 2 aromatic carbocycles. The van der Waals surface area contributed by atoms with Crippen molar-refractivity contribution < 1.29 is 19.1 Å². The zero-order valence-corrected chi connectivity index (χ0v) is 18.1. The molecule has 5 nitrogen and oxygen atoms in total. The fourth-order valence-corrected chi connectivity index (χ4v) is 4.05. The molecular formula is C23H27NO4S. The van der Waals surface area contributed by atoms with E-state index in [1.54, 1.807) is 24.8 Å². The summed E-state index contributed by atoms with van der Waals surface area (Å²) < 4.78 is 11.4. The summed E-state index contributed by atoms with van der Waals surface area (Å²) in [4.78, 5) is 15.7. The summed E-state index contributed by atoms with van der Waals surface area (Å²) in [5, 5.41) is 11.9. The minimum absolute atomic E-state index is 0.0332. The molecule has 0 aliphatic carbocycles. The third kappa shape index (κ3) is 4.77. The number of aromatic hydroxyl groups is 1. The SMILES string of the molecule is CCOc1ccc2c(CSc3ccc(CN(C)C)cc3)oc(C(=O)CC)c2c1O. The molecule has 0 spiro atoms. The molecule has 0 amide bonds. The number of nitrogens with zero attached hydrogens (tertiary/aromatic N) is 1. The number of fused-ring (bicyclic) bond motifs is 1. The number of phenolic OH excluding ortho intramolecular Hbond substituents is 1. The molecule has 1 N–H and O–H groups in total. The fraction of sp³-hybridized carbons (Fsp3) is 0.348. The quantitative estimate of drug-likeness (QED) is 0.370. The number of hydrogen-bond acceptors (Lipinski definition) is 6. The van der Waals surface area contributed by atoms with Crippen LogP contribution in [0.1, 0.15) is 42.1 Å². The first-order chi connectivity index (χ1) is 13.9. The molecule has 0 fully saturated rings. The van der Waals surface area contributed by atoms with Crippen molar-refractivity contribution >= 4 is 28.3 Å². The van der Waals surface area contributed by atoms with Gasteiger partial charge in [-0.25, -0.2) is 0 Å². The monoisotopic (exact) mass is 413 g/mol. The smallest absolute Gasteiger partial charge is 0.198 e. The number of Topliss-reactive ketones (excluding diaryl/α,β-unsaturated/α-hetero) is 1. The second-order valence-electron chi connectivity index (χ2n) is 7.07. The van der Waals surface area contributed by atoms with Crippen LogP contribution in [0.3, 0.4) is 0 Å². The predicted molar refractivity (Wildman–Crippen MR) is 117 cm³/mol. The number of carbonyl (C=O) groups excluding carboxylic acids is 1. The van der Waals surface area contributed by atoms with Crippen molar-refractivity contribution in [3.8, 4) is 11.5 Å². The van der Waals surface area contributed by atoms with Gasteiger partial charge in [-0.05, 0) is 50.8 Å². The van der Waals surface area contributed by atoms with Gasteiger partial charge < -0.3 is 19.2 Å². The van der Waals surface area contributed by atoms with Gasteiger partial charge in [-0.15, -0.1) is 11.8 Å². The molecule has 1 heterocycles. The van der Waals surface area contributed by atoms with Crippen molar-refractivity contribution in [2.75, 3.05) is 20.7 Å². The van der Waals surface area contributed by atoms with Crippen LogP contribution >= 0.6 is 11.8 Å². The number of carbonyl (C=O) groups is 1. The maximum Gasteiger partial charge on any atom is 0.198 e. The average molecular weight is 414 g/mol. The first-order valence-corrected chi connectivity index (χ1v) is 10.7. The van der Waals surface area contributed by atoms with Crippen LogP contribution in [0.4, 0.5) is 0 Å². The van der Waals surface area contributed by atoms with Gasteiger partial charge in [0.05, 0.1) is 17.7 Å². The molecule has 6 heteroatoms. The highest BCUT2D eigenvalue weighted by atomic mass is 32.2. The number of thioether (sulfide) groups is 1. The Hall–Kier alpha value is -2.44. The normalized spacial score (nSPS) is 11.3. The second kappa shape index (κ2) is 9.37. The number of rotatable bonds is 9. The first-order valence-electron chi connectivity index (χ1n) is 9.74. The van der Waals surface area contributed by atoms with E-state index in [0.717, 1.165) is 16.8 Å². The van der Waals surface area contributed by atoms with Crippen LogP contribution in [-0.4, -0.2) is 36.5 Å². The van der Waals surface area contributed by atoms with E-state index in [1.165, 1.54) is 5.56 Å². The van der Waals surface area contributed by atoms with E-state index < -0.39 is 0 Å². The van der Waals surface area contributed by atoms with Crippen molar-refractivity contribution in [2.45, 2.75) is 37.5 Å². The van der Waals surface area contributed by atoms with E-state index in [4.69, 9.17) is 9.15 Å². The van der Waals surface area contributed by atoms with Crippen molar-refractivity contribution in [3.63, 3.8) is 0 Å². The minimum atomic E-state index is -0.136. The number of ketones is 1. The van der Waals surface area contributed by atoms with Crippen molar-refractivity contribution in [3.05, 3.63) is 53.5 Å². The lowest BCUT2D eigenvalue weighted by atomic mass is 10.1. The van der Waals surface area contributed by atoms with E-state index in [2.05, 4.69) is 29.2 Å². The summed E-state index contributed by atoms with van der Waals surface area (Å²) >= 11 is 1.64. The Balaban J connectivity index is 1.89. The fourth-order valence-electron chi connectivity index (χ4n) is 3.20. The highest BCUT2D eigenvalue weighted by Crippen LogP contribution is 2.41. The Morgan fingerprint density at radius 3 is 2.48 bits per heavy atom. The zero-order valence-electron chi connectivity index (χ0n) is 17.3. The Morgan fingerprint density at radius 2 is 1.86 bits per heavy atom. The van der Waals surface area contributed by atoms with Gasteiger partial charge in [0.2, 0.25) is 0 Å². The third-order valence-corrected chi connectivity index (χ3v) is 5.57. The molecule has 29 heavy (non-hydrogen) atoms. The van der Waals surface area contributed by atoms with Gasteiger partial charge in [-0.1, -0.05) is 19.1 Å². The predicted octanol–water partition coefficient (Wildman–Crippen LogP) is 5.48. The van der Waals surface area contributed by atoms with Crippen LogP contribution in [0.2, 0.25) is 0 Å². The van der Waals surface area contributed by atoms with Crippen LogP contribution < -0.4 is 4.74 Å². The van der Waals surface area contributed by atoms with Gasteiger partial charge in [0.15, 0.2) is 23.0 Å². The first kappa shape index (κ1) is 21.3. The summed E-state index contributed by atoms with van der Waals surface area (Å²) in [6.07, 6.45) is 0.306. The molecule has 0 saturated carbocycles. The lowest BCUT2D eigenvalue weighted by Gasteiger charge is -2.09. The summed E-state index contributed by atoms with van der Waals surface area (Å²) in [7, 11) is 4.10. The Morgan fingerprint density at radius 1 is 1.14 bits per heavy atom. The molecule has 3 aromatic rings. The number of furan rings is 1. The van der Waals surface area contributed by atoms with Gasteiger partial charge in [0.25, 0.3) is 0 Å². The van der Waals surface area contributed by atoms with Crippen molar-refractivity contribution in [1.82, 2.24) is 4.90 Å². The number of hydrogen-bond donors (Lipinski definition) is 1. The van der Waals surface area contributed by atoms with E-state index in [0.29, 0.717) is 35.7 Å². The third-order valence-electron chi connectivity index (χ3n) is 4.56. The summed E-state index contributed by atoms with van der Waals surface area (Å²) in [5.41, 5.74) is 1.26. The van der Waals surface area contributed by atoms with E-state index >= 15 is 0 Å². The molecule has 154 valence electrons. The highest BCUT2D eigenvalue weighted by molar-refractivity contribution is 7.98. The van der Waals surface area contributed by atoms with Gasteiger partial charge in [-0.3, -0.25) is 4.79 Å². The Bertz CT molecular complexity index is 992.